The van der Waals surface area contributed by atoms with Gasteiger partial charge in [-0.1, -0.05) is 104 Å². The topological polar surface area (TPSA) is 30.7 Å². The van der Waals surface area contributed by atoms with Gasteiger partial charge in [-0.15, -0.1) is 10.2 Å². The molecule has 3 nitrogen and oxygen atoms in total. The fourth-order valence-corrected chi connectivity index (χ4v) is 4.82. The quantitative estimate of drug-likeness (QED) is 0.261. The van der Waals surface area contributed by atoms with Gasteiger partial charge < -0.3 is 0 Å². The minimum Gasteiger partial charge on any atom is -0.274 e. The minimum atomic E-state index is 0.750. The fourth-order valence-electron chi connectivity index (χ4n) is 3.90. The van der Waals surface area contributed by atoms with Gasteiger partial charge >= 0.3 is 0 Å². The third kappa shape index (κ3) is 4.46. The number of rotatable bonds is 7. The first kappa shape index (κ1) is 20.5. The van der Waals surface area contributed by atoms with Gasteiger partial charge in [0.15, 0.2) is 5.16 Å². The molecular weight excluding hydrogens is 410 g/mol. The normalized spacial score (nSPS) is 11.2. The monoisotopic (exact) mass is 435 g/mol. The molecule has 0 aliphatic rings. The van der Waals surface area contributed by atoms with Crippen LogP contribution in [0.1, 0.15) is 29.4 Å². The lowest BCUT2D eigenvalue weighted by Gasteiger charge is -2.11. The molecule has 0 aliphatic carbocycles. The van der Waals surface area contributed by atoms with Crippen LogP contribution < -0.4 is 0 Å². The average molecular weight is 436 g/mol. The molecule has 4 aromatic carbocycles. The van der Waals surface area contributed by atoms with Crippen molar-refractivity contribution in [3.63, 3.8) is 0 Å². The minimum absolute atomic E-state index is 0.750. The number of hydrogen-bond donors (Lipinski definition) is 0. The van der Waals surface area contributed by atoms with Crippen LogP contribution in [0.3, 0.4) is 0 Å². The van der Waals surface area contributed by atoms with Crippen molar-refractivity contribution in [1.82, 2.24) is 14.8 Å². The summed E-state index contributed by atoms with van der Waals surface area (Å²) in [6.07, 6.45) is 1.78. The van der Waals surface area contributed by atoms with Crippen molar-refractivity contribution in [3.8, 4) is 5.69 Å². The molecule has 158 valence electrons. The van der Waals surface area contributed by atoms with E-state index in [-0.39, 0.29) is 0 Å². The van der Waals surface area contributed by atoms with Gasteiger partial charge in [-0.05, 0) is 46.0 Å². The van der Waals surface area contributed by atoms with E-state index in [2.05, 4.69) is 113 Å². The molecule has 4 heteroatoms. The van der Waals surface area contributed by atoms with Gasteiger partial charge in [0.2, 0.25) is 0 Å². The van der Waals surface area contributed by atoms with E-state index >= 15 is 0 Å². The first-order chi connectivity index (χ1) is 15.8. The van der Waals surface area contributed by atoms with Crippen molar-refractivity contribution >= 4 is 22.5 Å². The lowest BCUT2D eigenvalue weighted by molar-refractivity contribution is 0.846. The smallest absolute Gasteiger partial charge is 0.196 e. The van der Waals surface area contributed by atoms with Crippen LogP contribution in [0.25, 0.3) is 16.5 Å². The van der Waals surface area contributed by atoms with Gasteiger partial charge in [0.25, 0.3) is 0 Å². The number of aromatic nitrogens is 3. The van der Waals surface area contributed by atoms with Gasteiger partial charge in [-0.25, -0.2) is 0 Å². The molecule has 0 saturated carbocycles. The predicted molar refractivity (Wildman–Crippen MR) is 133 cm³/mol. The summed E-state index contributed by atoms with van der Waals surface area (Å²) in [6.45, 7) is 2.18. The molecule has 1 heterocycles. The van der Waals surface area contributed by atoms with Crippen LogP contribution >= 0.6 is 11.8 Å². The molecular formula is C28H25N3S. The summed E-state index contributed by atoms with van der Waals surface area (Å²) in [5.74, 6) is 1.81. The zero-order valence-electron chi connectivity index (χ0n) is 18.1. The van der Waals surface area contributed by atoms with Crippen molar-refractivity contribution in [2.75, 3.05) is 0 Å². The molecule has 0 radical (unpaired) electrons. The maximum absolute atomic E-state index is 4.58. The molecule has 0 fully saturated rings. The highest BCUT2D eigenvalue weighted by Gasteiger charge is 2.15. The van der Waals surface area contributed by atoms with E-state index in [4.69, 9.17) is 0 Å². The van der Waals surface area contributed by atoms with Crippen LogP contribution in [-0.2, 0) is 18.6 Å². The lowest BCUT2D eigenvalue weighted by Crippen LogP contribution is -2.04. The van der Waals surface area contributed by atoms with Crippen molar-refractivity contribution in [2.45, 2.75) is 30.7 Å². The van der Waals surface area contributed by atoms with Gasteiger partial charge in [0, 0.05) is 17.9 Å². The average Bonchev–Trinajstić information content (AvgIpc) is 3.25. The molecule has 0 unspecified atom stereocenters. The molecule has 0 atom stereocenters. The molecule has 5 rings (SSSR count). The van der Waals surface area contributed by atoms with Crippen LogP contribution in [0.2, 0.25) is 0 Å². The van der Waals surface area contributed by atoms with Gasteiger partial charge in [0.1, 0.15) is 5.82 Å². The fraction of sp³-hybridized carbons (Fsp3) is 0.143. The van der Waals surface area contributed by atoms with Crippen molar-refractivity contribution in [2.24, 2.45) is 0 Å². The van der Waals surface area contributed by atoms with Crippen LogP contribution in [0, 0.1) is 0 Å². The highest BCUT2D eigenvalue weighted by Crippen LogP contribution is 2.28. The Bertz CT molecular complexity index is 1320. The third-order valence-corrected chi connectivity index (χ3v) is 6.69. The number of benzene rings is 4. The molecule has 5 aromatic rings. The number of nitrogens with zero attached hydrogens (tertiary/aromatic N) is 3. The van der Waals surface area contributed by atoms with Crippen molar-refractivity contribution in [1.29, 1.82) is 0 Å². The Morgan fingerprint density at radius 2 is 1.41 bits per heavy atom. The Balaban J connectivity index is 1.46. The van der Waals surface area contributed by atoms with E-state index in [0.29, 0.717) is 0 Å². The van der Waals surface area contributed by atoms with Crippen LogP contribution in [0.5, 0.6) is 0 Å². The summed E-state index contributed by atoms with van der Waals surface area (Å²) in [6, 6.07) is 34.4. The summed E-state index contributed by atoms with van der Waals surface area (Å²) in [5.41, 5.74) is 4.96. The largest absolute Gasteiger partial charge is 0.274 e. The maximum atomic E-state index is 4.58. The Kier molecular flexibility index (Phi) is 6.04. The van der Waals surface area contributed by atoms with Crippen molar-refractivity contribution in [3.05, 3.63) is 120 Å². The van der Waals surface area contributed by atoms with E-state index < -0.39 is 0 Å². The van der Waals surface area contributed by atoms with Gasteiger partial charge in [-0.3, -0.25) is 4.57 Å². The van der Waals surface area contributed by atoms with Gasteiger partial charge in [-0.2, -0.15) is 0 Å². The second-order valence-electron chi connectivity index (χ2n) is 7.89. The number of hydrogen-bond acceptors (Lipinski definition) is 3. The first-order valence-electron chi connectivity index (χ1n) is 11.0. The van der Waals surface area contributed by atoms with E-state index in [0.717, 1.165) is 35.3 Å². The summed E-state index contributed by atoms with van der Waals surface area (Å²) >= 11 is 1.73. The Morgan fingerprint density at radius 1 is 0.688 bits per heavy atom. The molecule has 1 aromatic heterocycles. The Hall–Kier alpha value is -3.37. The van der Waals surface area contributed by atoms with E-state index in [1.165, 1.54) is 27.5 Å². The van der Waals surface area contributed by atoms with Gasteiger partial charge in [0.05, 0.1) is 0 Å². The molecule has 32 heavy (non-hydrogen) atoms. The second-order valence-corrected chi connectivity index (χ2v) is 8.83. The standard InChI is InChI=1S/C28H25N3S/c1-2-21-13-16-26(17-14-21)31-27(19-22-8-4-3-5-9-22)29-30-28(31)32-20-23-12-15-24-10-6-7-11-25(24)18-23/h3-18H,2,19-20H2,1H3. The third-order valence-electron chi connectivity index (χ3n) is 5.69. The second kappa shape index (κ2) is 9.41. The molecule has 0 N–H and O–H groups in total. The Labute approximate surface area is 193 Å². The summed E-state index contributed by atoms with van der Waals surface area (Å²) < 4.78 is 2.21. The lowest BCUT2D eigenvalue weighted by atomic mass is 10.1. The number of thioether (sulfide) groups is 1. The molecule has 0 bridgehead atoms. The zero-order valence-corrected chi connectivity index (χ0v) is 18.9. The van der Waals surface area contributed by atoms with E-state index in [9.17, 15) is 0 Å². The van der Waals surface area contributed by atoms with E-state index in [1.807, 2.05) is 6.07 Å². The molecule has 0 saturated heterocycles. The highest BCUT2D eigenvalue weighted by atomic mass is 32.2. The Morgan fingerprint density at radius 3 is 2.19 bits per heavy atom. The summed E-state index contributed by atoms with van der Waals surface area (Å²) in [5, 5.41) is 12.6. The first-order valence-corrected chi connectivity index (χ1v) is 12.0. The SMILES string of the molecule is CCc1ccc(-n2c(Cc3ccccc3)nnc2SCc2ccc3ccccc3c2)cc1. The highest BCUT2D eigenvalue weighted by molar-refractivity contribution is 7.98. The summed E-state index contributed by atoms with van der Waals surface area (Å²) in [4.78, 5) is 0. The molecule has 0 spiro atoms. The van der Waals surface area contributed by atoms with Crippen LogP contribution in [0.4, 0.5) is 0 Å². The van der Waals surface area contributed by atoms with Crippen molar-refractivity contribution < 1.29 is 0 Å². The maximum Gasteiger partial charge on any atom is 0.196 e. The molecule has 0 aliphatic heterocycles. The number of fused-ring (bicyclic) bond motifs is 1. The van der Waals surface area contributed by atoms with E-state index in [1.54, 1.807) is 11.8 Å². The number of aryl methyl sites for hydroxylation is 1. The summed E-state index contributed by atoms with van der Waals surface area (Å²) in [7, 11) is 0. The predicted octanol–water partition coefficient (Wildman–Crippen LogP) is 6.87. The van der Waals surface area contributed by atoms with Crippen LogP contribution in [-0.4, -0.2) is 14.8 Å². The molecule has 0 amide bonds. The van der Waals surface area contributed by atoms with Crippen LogP contribution in [0.15, 0.2) is 102 Å². The zero-order chi connectivity index (χ0) is 21.8.